The maximum Gasteiger partial charge on any atom is 0.276 e. The molecule has 0 spiro atoms. The van der Waals surface area contributed by atoms with Crippen LogP contribution >= 0.6 is 35.4 Å². The van der Waals surface area contributed by atoms with Gasteiger partial charge in [-0.15, -0.1) is 0 Å². The zero-order valence-corrected chi connectivity index (χ0v) is 16.4. The van der Waals surface area contributed by atoms with Gasteiger partial charge >= 0.3 is 0 Å². The highest BCUT2D eigenvalue weighted by atomic mass is 35.5. The van der Waals surface area contributed by atoms with E-state index in [-0.39, 0.29) is 17.3 Å². The Morgan fingerprint density at radius 2 is 1.67 bits per heavy atom. The highest BCUT2D eigenvalue weighted by Crippen LogP contribution is 2.25. The fraction of sp³-hybridized carbons (Fsp3) is 0.118. The molecule has 2 aromatic carbocycles. The number of hydrazine groups is 1. The van der Waals surface area contributed by atoms with E-state index in [1.54, 1.807) is 24.3 Å². The molecule has 27 heavy (non-hydrogen) atoms. The minimum absolute atomic E-state index is 0.110. The van der Waals surface area contributed by atoms with Crippen molar-refractivity contribution in [3.63, 3.8) is 0 Å². The first-order chi connectivity index (χ1) is 12.9. The molecule has 0 aliphatic heterocycles. The van der Waals surface area contributed by atoms with Crippen molar-refractivity contribution in [2.45, 2.75) is 0 Å². The predicted octanol–water partition coefficient (Wildman–Crippen LogP) is 2.72. The van der Waals surface area contributed by atoms with Crippen molar-refractivity contribution in [2.24, 2.45) is 0 Å². The third kappa shape index (κ3) is 6.59. The normalized spacial score (nSPS) is 9.89. The molecule has 7 nitrogen and oxygen atoms in total. The van der Waals surface area contributed by atoms with Crippen molar-refractivity contribution in [2.75, 3.05) is 13.7 Å². The number of hydrogen-bond donors (Lipinski definition) is 3. The molecule has 0 aliphatic rings. The minimum Gasteiger partial charge on any atom is -0.493 e. The zero-order valence-electron chi connectivity index (χ0n) is 14.0. The molecule has 0 unspecified atom stereocenters. The quantitative estimate of drug-likeness (QED) is 0.502. The molecule has 3 N–H and O–H groups in total. The van der Waals surface area contributed by atoms with Gasteiger partial charge in [-0.1, -0.05) is 35.3 Å². The highest BCUT2D eigenvalue weighted by Gasteiger charge is 2.11. The second-order valence-corrected chi connectivity index (χ2v) is 6.34. The Morgan fingerprint density at radius 1 is 1.04 bits per heavy atom. The number of carbonyl (C=O) groups is 2. The molecule has 0 heterocycles. The molecule has 0 saturated carbocycles. The van der Waals surface area contributed by atoms with Gasteiger partial charge in [-0.2, -0.15) is 0 Å². The number of amides is 2. The number of hydrogen-bond acceptors (Lipinski definition) is 5. The molecule has 0 bridgehead atoms. The van der Waals surface area contributed by atoms with Gasteiger partial charge in [0.25, 0.3) is 11.8 Å². The number of ether oxygens (including phenoxy) is 2. The average molecular weight is 428 g/mol. The smallest absolute Gasteiger partial charge is 0.276 e. The molecule has 0 atom stereocenters. The van der Waals surface area contributed by atoms with Gasteiger partial charge in [-0.3, -0.25) is 25.8 Å². The largest absolute Gasteiger partial charge is 0.493 e. The molecule has 0 aromatic heterocycles. The number of methoxy groups -OCH3 is 1. The van der Waals surface area contributed by atoms with Gasteiger partial charge in [-0.25, -0.2) is 0 Å². The van der Waals surface area contributed by atoms with Crippen LogP contribution in [0.25, 0.3) is 0 Å². The summed E-state index contributed by atoms with van der Waals surface area (Å²) in [6.07, 6.45) is 0. The minimum atomic E-state index is -0.531. The van der Waals surface area contributed by atoms with E-state index >= 15 is 0 Å². The van der Waals surface area contributed by atoms with Crippen LogP contribution in [0.2, 0.25) is 10.0 Å². The number of halogens is 2. The van der Waals surface area contributed by atoms with Crippen molar-refractivity contribution in [3.8, 4) is 11.5 Å². The van der Waals surface area contributed by atoms with Gasteiger partial charge in [0, 0.05) is 15.6 Å². The van der Waals surface area contributed by atoms with Gasteiger partial charge in [0.05, 0.1) is 7.11 Å². The molecule has 0 aliphatic carbocycles. The highest BCUT2D eigenvalue weighted by molar-refractivity contribution is 7.80. The van der Waals surface area contributed by atoms with Crippen LogP contribution in [0.15, 0.2) is 42.5 Å². The lowest BCUT2D eigenvalue weighted by Gasteiger charge is -2.12. The van der Waals surface area contributed by atoms with Gasteiger partial charge in [-0.05, 0) is 42.5 Å². The molecule has 0 radical (unpaired) electrons. The number of benzene rings is 2. The monoisotopic (exact) mass is 427 g/mol. The lowest BCUT2D eigenvalue weighted by atomic mass is 10.2. The van der Waals surface area contributed by atoms with Crippen LogP contribution in [-0.4, -0.2) is 30.6 Å². The fourth-order valence-electron chi connectivity index (χ4n) is 1.94. The number of para-hydroxylation sites is 2. The molecular formula is C17H15Cl2N3O4S. The van der Waals surface area contributed by atoms with E-state index in [2.05, 4.69) is 16.2 Å². The first kappa shape index (κ1) is 20.8. The molecule has 0 saturated heterocycles. The second-order valence-electron chi connectivity index (χ2n) is 5.05. The maximum atomic E-state index is 12.1. The van der Waals surface area contributed by atoms with Crippen LogP contribution in [0.4, 0.5) is 0 Å². The SMILES string of the molecule is COc1ccccc1OCC(=O)NNC(=S)NC(=O)c1cc(Cl)cc(Cl)c1. The third-order valence-electron chi connectivity index (χ3n) is 3.10. The van der Waals surface area contributed by atoms with Crippen molar-refractivity contribution in [1.29, 1.82) is 0 Å². The lowest BCUT2D eigenvalue weighted by Crippen LogP contribution is -2.49. The Bertz CT molecular complexity index is 844. The van der Waals surface area contributed by atoms with E-state index in [0.29, 0.717) is 21.5 Å². The molecule has 142 valence electrons. The van der Waals surface area contributed by atoms with Crippen LogP contribution in [0, 0.1) is 0 Å². The molecule has 0 fully saturated rings. The van der Waals surface area contributed by atoms with Crippen molar-refractivity contribution in [1.82, 2.24) is 16.2 Å². The molecule has 2 aromatic rings. The molecular weight excluding hydrogens is 413 g/mol. The van der Waals surface area contributed by atoms with Crippen LogP contribution in [-0.2, 0) is 4.79 Å². The average Bonchev–Trinajstić information content (AvgIpc) is 2.64. The summed E-state index contributed by atoms with van der Waals surface area (Å²) >= 11 is 16.6. The van der Waals surface area contributed by atoms with Gasteiger partial charge in [0.2, 0.25) is 0 Å². The Balaban J connectivity index is 1.79. The summed E-state index contributed by atoms with van der Waals surface area (Å²) in [5, 5.41) is 2.90. The summed E-state index contributed by atoms with van der Waals surface area (Å²) in [7, 11) is 1.50. The summed E-state index contributed by atoms with van der Waals surface area (Å²) in [5.41, 5.74) is 4.93. The van der Waals surface area contributed by atoms with Crippen LogP contribution in [0.1, 0.15) is 10.4 Å². The topological polar surface area (TPSA) is 88.7 Å². The summed E-state index contributed by atoms with van der Waals surface area (Å²) in [4.78, 5) is 23.9. The van der Waals surface area contributed by atoms with Gasteiger partial charge in [0.1, 0.15) is 0 Å². The van der Waals surface area contributed by atoms with Gasteiger partial charge in [0.15, 0.2) is 23.2 Å². The van der Waals surface area contributed by atoms with E-state index in [4.69, 9.17) is 44.9 Å². The number of rotatable bonds is 5. The van der Waals surface area contributed by atoms with E-state index in [9.17, 15) is 9.59 Å². The summed E-state index contributed by atoms with van der Waals surface area (Å²) in [6.45, 7) is -0.284. The Kier molecular flexibility index (Phi) is 7.66. The Morgan fingerprint density at radius 3 is 2.30 bits per heavy atom. The van der Waals surface area contributed by atoms with Crippen molar-refractivity contribution < 1.29 is 19.1 Å². The van der Waals surface area contributed by atoms with Crippen molar-refractivity contribution >= 4 is 52.3 Å². The fourth-order valence-corrected chi connectivity index (χ4v) is 2.61. The van der Waals surface area contributed by atoms with Crippen molar-refractivity contribution in [3.05, 3.63) is 58.1 Å². The zero-order chi connectivity index (χ0) is 19.8. The number of carbonyl (C=O) groups excluding carboxylic acids is 2. The van der Waals surface area contributed by atoms with Gasteiger partial charge < -0.3 is 9.47 Å². The van der Waals surface area contributed by atoms with Crippen LogP contribution in [0.5, 0.6) is 11.5 Å². The van der Waals surface area contributed by atoms with Crippen LogP contribution < -0.4 is 25.6 Å². The third-order valence-corrected chi connectivity index (χ3v) is 3.74. The van der Waals surface area contributed by atoms with E-state index in [1.165, 1.54) is 25.3 Å². The number of nitrogens with one attached hydrogen (secondary N) is 3. The first-order valence-electron chi connectivity index (χ1n) is 7.51. The predicted molar refractivity (Wildman–Crippen MR) is 106 cm³/mol. The molecule has 2 rings (SSSR count). The van der Waals surface area contributed by atoms with Crippen LogP contribution in [0.3, 0.4) is 0 Å². The van der Waals surface area contributed by atoms with E-state index in [1.807, 2.05) is 0 Å². The summed E-state index contributed by atoms with van der Waals surface area (Å²) in [5.74, 6) is -0.121. The number of thiocarbonyl (C=S) groups is 1. The first-order valence-corrected chi connectivity index (χ1v) is 8.67. The standard InChI is InChI=1S/C17H15Cl2N3O4S/c1-25-13-4-2-3-5-14(13)26-9-15(23)21-22-17(27)20-16(24)10-6-11(18)8-12(19)7-10/h2-8H,9H2,1H3,(H,21,23)(H2,20,22,24,27). The van der Waals surface area contributed by atoms with E-state index in [0.717, 1.165) is 0 Å². The van der Waals surface area contributed by atoms with E-state index < -0.39 is 11.8 Å². The maximum absolute atomic E-state index is 12.1. The Hall–Kier alpha value is -2.55. The molecule has 10 heteroatoms. The second kappa shape index (κ2) is 9.96. The summed E-state index contributed by atoms with van der Waals surface area (Å²) in [6, 6.07) is 11.3. The molecule has 2 amide bonds. The Labute approximate surface area is 170 Å². The summed E-state index contributed by atoms with van der Waals surface area (Å²) < 4.78 is 10.5. The lowest BCUT2D eigenvalue weighted by molar-refractivity contribution is -0.123.